The Morgan fingerprint density at radius 3 is 2.70 bits per heavy atom. The molecule has 0 aromatic heterocycles. The highest BCUT2D eigenvalue weighted by atomic mass is 32.2. The van der Waals surface area contributed by atoms with Gasteiger partial charge in [-0.1, -0.05) is 0 Å². The lowest BCUT2D eigenvalue weighted by Crippen LogP contribution is -2.37. The second kappa shape index (κ2) is 5.57. The van der Waals surface area contributed by atoms with Gasteiger partial charge in [-0.2, -0.15) is 4.31 Å². The molecule has 1 aromatic carbocycles. The third kappa shape index (κ3) is 2.88. The molecular weight excluding hydrogens is 288 g/mol. The van der Waals surface area contributed by atoms with Crippen LogP contribution in [0, 0.1) is 11.6 Å². The maximum Gasteiger partial charge on any atom is 0.246 e. The fourth-order valence-corrected chi connectivity index (χ4v) is 4.21. The number of benzene rings is 1. The van der Waals surface area contributed by atoms with E-state index in [0.29, 0.717) is 18.9 Å². The molecule has 1 unspecified atom stereocenters. The Hall–Kier alpha value is -1.34. The van der Waals surface area contributed by atoms with Gasteiger partial charge in [-0.25, -0.2) is 17.2 Å². The molecule has 1 heterocycles. The van der Waals surface area contributed by atoms with E-state index < -0.39 is 32.6 Å². The van der Waals surface area contributed by atoms with E-state index in [2.05, 4.69) is 0 Å². The molecule has 1 aliphatic heterocycles. The van der Waals surface area contributed by atoms with E-state index in [-0.39, 0.29) is 18.7 Å². The smallest absolute Gasteiger partial charge is 0.246 e. The van der Waals surface area contributed by atoms with Crippen LogP contribution in [0.3, 0.4) is 0 Å². The number of carbonyl (C=O) groups is 1. The number of carbonyl (C=O) groups excluding carboxylic acids is 1. The average Bonchev–Trinajstić information content (AvgIpc) is 2.76. The van der Waals surface area contributed by atoms with Crippen molar-refractivity contribution >= 4 is 15.8 Å². The Morgan fingerprint density at radius 2 is 2.10 bits per heavy atom. The van der Waals surface area contributed by atoms with Crippen molar-refractivity contribution in [3.8, 4) is 0 Å². The predicted octanol–water partition coefficient (Wildman–Crippen LogP) is 2.10. The third-order valence-corrected chi connectivity index (χ3v) is 5.31. The molecule has 0 spiro atoms. The van der Waals surface area contributed by atoms with Gasteiger partial charge in [0.05, 0.1) is 0 Å². The summed E-state index contributed by atoms with van der Waals surface area (Å²) in [6.07, 6.45) is 1.31. The van der Waals surface area contributed by atoms with Gasteiger partial charge >= 0.3 is 0 Å². The summed E-state index contributed by atoms with van der Waals surface area (Å²) in [5, 5.41) is 0. The molecule has 1 fully saturated rings. The SMILES string of the molecule is CC(=O)CC1CCCN1S(=O)(=O)c1ccc(F)cc1F. The van der Waals surface area contributed by atoms with Crippen molar-refractivity contribution in [2.24, 2.45) is 0 Å². The summed E-state index contributed by atoms with van der Waals surface area (Å²) in [5.41, 5.74) is 0. The van der Waals surface area contributed by atoms with Crippen LogP contribution >= 0.6 is 0 Å². The number of halogens is 2. The first-order chi connectivity index (χ1) is 9.32. The fraction of sp³-hybridized carbons (Fsp3) is 0.462. The summed E-state index contributed by atoms with van der Waals surface area (Å²) < 4.78 is 52.5. The van der Waals surface area contributed by atoms with Gasteiger partial charge in [0, 0.05) is 25.1 Å². The van der Waals surface area contributed by atoms with E-state index in [1.54, 1.807) is 0 Å². The van der Waals surface area contributed by atoms with Gasteiger partial charge in [-0.15, -0.1) is 0 Å². The number of ketones is 1. The monoisotopic (exact) mass is 303 g/mol. The maximum atomic E-state index is 13.7. The van der Waals surface area contributed by atoms with Gasteiger partial charge in [-0.05, 0) is 31.9 Å². The second-order valence-corrected chi connectivity index (χ2v) is 6.75. The number of nitrogens with zero attached hydrogens (tertiary/aromatic N) is 1. The first kappa shape index (κ1) is 15.1. The molecule has 20 heavy (non-hydrogen) atoms. The number of hydrogen-bond acceptors (Lipinski definition) is 3. The normalized spacial score (nSPS) is 20.2. The van der Waals surface area contributed by atoms with Crippen molar-refractivity contribution in [2.45, 2.75) is 37.1 Å². The van der Waals surface area contributed by atoms with Crippen LogP contribution in [-0.4, -0.2) is 31.1 Å². The van der Waals surface area contributed by atoms with Crippen molar-refractivity contribution in [1.29, 1.82) is 0 Å². The molecule has 0 radical (unpaired) electrons. The molecule has 0 N–H and O–H groups in total. The largest absolute Gasteiger partial charge is 0.300 e. The first-order valence-electron chi connectivity index (χ1n) is 6.28. The van der Waals surface area contributed by atoms with Gasteiger partial charge < -0.3 is 0 Å². The van der Waals surface area contributed by atoms with Crippen LogP contribution in [-0.2, 0) is 14.8 Å². The van der Waals surface area contributed by atoms with Crippen molar-refractivity contribution in [3.05, 3.63) is 29.8 Å². The molecule has 110 valence electrons. The van der Waals surface area contributed by atoms with Crippen LogP contribution < -0.4 is 0 Å². The lowest BCUT2D eigenvalue weighted by atomic mass is 10.1. The Kier molecular flexibility index (Phi) is 4.19. The van der Waals surface area contributed by atoms with Gasteiger partial charge in [-0.3, -0.25) is 4.79 Å². The summed E-state index contributed by atoms with van der Waals surface area (Å²) in [6, 6.07) is 1.93. The molecule has 7 heteroatoms. The second-order valence-electron chi connectivity index (χ2n) is 4.89. The summed E-state index contributed by atoms with van der Waals surface area (Å²) in [4.78, 5) is 10.6. The minimum atomic E-state index is -4.04. The van der Waals surface area contributed by atoms with Crippen molar-refractivity contribution in [2.75, 3.05) is 6.54 Å². The number of rotatable bonds is 4. The first-order valence-corrected chi connectivity index (χ1v) is 7.72. The molecule has 1 atom stereocenters. The number of hydrogen-bond donors (Lipinski definition) is 0. The lowest BCUT2D eigenvalue weighted by Gasteiger charge is -2.23. The Morgan fingerprint density at radius 1 is 1.40 bits per heavy atom. The Balaban J connectivity index is 2.36. The highest BCUT2D eigenvalue weighted by molar-refractivity contribution is 7.89. The highest BCUT2D eigenvalue weighted by Gasteiger charge is 2.37. The quantitative estimate of drug-likeness (QED) is 0.856. The zero-order valence-electron chi connectivity index (χ0n) is 11.0. The summed E-state index contributed by atoms with van der Waals surface area (Å²) >= 11 is 0. The summed E-state index contributed by atoms with van der Waals surface area (Å²) in [7, 11) is -4.04. The van der Waals surface area contributed by atoms with E-state index in [1.807, 2.05) is 0 Å². The zero-order chi connectivity index (χ0) is 14.9. The van der Waals surface area contributed by atoms with E-state index in [0.717, 1.165) is 16.4 Å². The van der Waals surface area contributed by atoms with Crippen molar-refractivity contribution in [3.63, 3.8) is 0 Å². The standard InChI is InChI=1S/C13H15F2NO3S/c1-9(17)7-11-3-2-6-16(11)20(18,19)13-5-4-10(14)8-12(13)15/h4-5,8,11H,2-3,6-7H2,1H3. The highest BCUT2D eigenvalue weighted by Crippen LogP contribution is 2.29. The molecule has 0 saturated carbocycles. The van der Waals surface area contributed by atoms with E-state index in [9.17, 15) is 22.0 Å². The lowest BCUT2D eigenvalue weighted by molar-refractivity contribution is -0.117. The van der Waals surface area contributed by atoms with Crippen LogP contribution in [0.15, 0.2) is 23.1 Å². The molecule has 1 aromatic rings. The van der Waals surface area contributed by atoms with Crippen molar-refractivity contribution in [1.82, 2.24) is 4.31 Å². The molecule has 0 amide bonds. The number of sulfonamides is 1. The zero-order valence-corrected chi connectivity index (χ0v) is 11.8. The average molecular weight is 303 g/mol. The number of Topliss-reactive ketones (excluding diaryl/α,β-unsaturated/α-hetero) is 1. The molecule has 1 aliphatic rings. The third-order valence-electron chi connectivity index (χ3n) is 3.33. The van der Waals surface area contributed by atoms with Crippen LogP contribution in [0.2, 0.25) is 0 Å². The Labute approximate surface area is 116 Å². The van der Waals surface area contributed by atoms with Crippen LogP contribution in [0.1, 0.15) is 26.2 Å². The van der Waals surface area contributed by atoms with Gasteiger partial charge in [0.15, 0.2) is 0 Å². The van der Waals surface area contributed by atoms with Crippen LogP contribution in [0.4, 0.5) is 8.78 Å². The van der Waals surface area contributed by atoms with Crippen LogP contribution in [0.25, 0.3) is 0 Å². The maximum absolute atomic E-state index is 13.7. The molecule has 4 nitrogen and oxygen atoms in total. The van der Waals surface area contributed by atoms with E-state index >= 15 is 0 Å². The topological polar surface area (TPSA) is 54.5 Å². The molecule has 0 bridgehead atoms. The molecular formula is C13H15F2NO3S. The van der Waals surface area contributed by atoms with E-state index in [4.69, 9.17) is 0 Å². The fourth-order valence-electron chi connectivity index (χ4n) is 2.47. The predicted molar refractivity (Wildman–Crippen MR) is 68.6 cm³/mol. The van der Waals surface area contributed by atoms with E-state index in [1.165, 1.54) is 6.92 Å². The minimum Gasteiger partial charge on any atom is -0.300 e. The Bertz CT molecular complexity index is 631. The van der Waals surface area contributed by atoms with Crippen LogP contribution in [0.5, 0.6) is 0 Å². The summed E-state index contributed by atoms with van der Waals surface area (Å²) in [5.74, 6) is -2.06. The minimum absolute atomic E-state index is 0.113. The van der Waals surface area contributed by atoms with Gasteiger partial charge in [0.1, 0.15) is 22.3 Å². The van der Waals surface area contributed by atoms with Crippen molar-refractivity contribution < 1.29 is 22.0 Å². The molecule has 1 saturated heterocycles. The molecule has 2 rings (SSSR count). The summed E-state index contributed by atoms with van der Waals surface area (Å²) in [6.45, 7) is 1.64. The van der Waals surface area contributed by atoms with Gasteiger partial charge in [0.2, 0.25) is 10.0 Å². The van der Waals surface area contributed by atoms with Gasteiger partial charge in [0.25, 0.3) is 0 Å². The molecule has 0 aliphatic carbocycles.